The van der Waals surface area contributed by atoms with E-state index in [1.54, 1.807) is 6.20 Å². The third kappa shape index (κ3) is 4.39. The van der Waals surface area contributed by atoms with Gasteiger partial charge in [0.15, 0.2) is 11.9 Å². The van der Waals surface area contributed by atoms with E-state index in [1.807, 2.05) is 56.4 Å². The van der Waals surface area contributed by atoms with Crippen LogP contribution < -0.4 is 4.74 Å². The van der Waals surface area contributed by atoms with Gasteiger partial charge >= 0.3 is 0 Å². The second-order valence-electron chi connectivity index (χ2n) is 7.08. The van der Waals surface area contributed by atoms with Crippen molar-refractivity contribution in [2.45, 2.75) is 51.6 Å². The lowest BCUT2D eigenvalue weighted by Gasteiger charge is -2.43. The predicted molar refractivity (Wildman–Crippen MR) is 97.4 cm³/mol. The quantitative estimate of drug-likeness (QED) is 0.759. The number of nitrogens with zero attached hydrogens (tertiary/aromatic N) is 1. The van der Waals surface area contributed by atoms with Crippen LogP contribution in [0, 0.1) is 5.92 Å². The van der Waals surface area contributed by atoms with Gasteiger partial charge < -0.3 is 14.2 Å². The number of pyridine rings is 1. The topological polar surface area (TPSA) is 40.6 Å². The lowest BCUT2D eigenvalue weighted by atomic mass is 9.91. The average Bonchev–Trinajstić information content (AvgIpc) is 2.63. The molecule has 0 radical (unpaired) electrons. The van der Waals surface area contributed by atoms with Gasteiger partial charge in [0.05, 0.1) is 12.7 Å². The fourth-order valence-electron chi connectivity index (χ4n) is 3.29. The van der Waals surface area contributed by atoms with Crippen LogP contribution in [0.2, 0.25) is 0 Å². The van der Waals surface area contributed by atoms with Crippen LogP contribution in [-0.2, 0) is 9.47 Å². The Kier molecular flexibility index (Phi) is 5.71. The Morgan fingerprint density at radius 2 is 1.96 bits per heavy atom. The van der Waals surface area contributed by atoms with Gasteiger partial charge in [-0.25, -0.2) is 0 Å². The van der Waals surface area contributed by atoms with Gasteiger partial charge in [-0.3, -0.25) is 4.98 Å². The van der Waals surface area contributed by atoms with Gasteiger partial charge in [0.1, 0.15) is 5.75 Å². The van der Waals surface area contributed by atoms with Crippen molar-refractivity contribution < 1.29 is 14.2 Å². The van der Waals surface area contributed by atoms with Crippen molar-refractivity contribution in [2.75, 3.05) is 6.61 Å². The third-order valence-corrected chi connectivity index (χ3v) is 4.52. The van der Waals surface area contributed by atoms with E-state index >= 15 is 0 Å². The molecule has 3 rings (SSSR count). The maximum absolute atomic E-state index is 6.39. The monoisotopic (exact) mass is 341 g/mol. The van der Waals surface area contributed by atoms with Crippen molar-refractivity contribution in [3.63, 3.8) is 0 Å². The molecule has 2 unspecified atom stereocenters. The molecular weight excluding hydrogens is 314 g/mol. The molecule has 1 aromatic carbocycles. The van der Waals surface area contributed by atoms with Crippen LogP contribution in [0.1, 0.15) is 45.3 Å². The predicted octanol–water partition coefficient (Wildman–Crippen LogP) is 4.77. The van der Waals surface area contributed by atoms with Gasteiger partial charge in [0.25, 0.3) is 0 Å². The molecule has 0 amide bonds. The van der Waals surface area contributed by atoms with Crippen molar-refractivity contribution >= 4 is 0 Å². The van der Waals surface area contributed by atoms with Gasteiger partial charge in [0, 0.05) is 18.3 Å². The smallest absolute Gasteiger partial charge is 0.197 e. The first-order chi connectivity index (χ1) is 12.1. The number of ether oxygens (including phenoxy) is 3. The molecule has 2 heterocycles. The summed E-state index contributed by atoms with van der Waals surface area (Å²) in [5, 5.41) is 0. The largest absolute Gasteiger partial charge is 0.483 e. The van der Waals surface area contributed by atoms with Gasteiger partial charge in [-0.15, -0.1) is 0 Å². The number of hydrogen-bond donors (Lipinski definition) is 0. The second kappa shape index (κ2) is 7.98. The zero-order valence-corrected chi connectivity index (χ0v) is 15.2. The molecule has 2 aromatic rings. The number of para-hydroxylation sites is 1. The molecule has 1 aliphatic rings. The van der Waals surface area contributed by atoms with Crippen LogP contribution >= 0.6 is 0 Å². The molecule has 0 N–H and O–H groups in total. The van der Waals surface area contributed by atoms with Crippen molar-refractivity contribution in [3.05, 3.63) is 60.4 Å². The fraction of sp³-hybridized carbons (Fsp3) is 0.476. The maximum Gasteiger partial charge on any atom is 0.197 e. The van der Waals surface area contributed by atoms with E-state index in [0.29, 0.717) is 12.5 Å². The third-order valence-electron chi connectivity index (χ3n) is 4.52. The Bertz CT molecular complexity index is 645. The summed E-state index contributed by atoms with van der Waals surface area (Å²) in [7, 11) is 0. The molecule has 4 heteroatoms. The molecule has 1 fully saturated rings. The highest BCUT2D eigenvalue weighted by Crippen LogP contribution is 2.38. The molecule has 134 valence electrons. The summed E-state index contributed by atoms with van der Waals surface area (Å²) in [6.45, 7) is 6.87. The minimum absolute atomic E-state index is 0.0222. The summed E-state index contributed by atoms with van der Waals surface area (Å²) >= 11 is 0. The maximum atomic E-state index is 6.39. The summed E-state index contributed by atoms with van der Waals surface area (Å²) in [5.41, 5.74) is 0.503. The Hall–Kier alpha value is -1.91. The zero-order valence-electron chi connectivity index (χ0n) is 15.2. The molecule has 4 nitrogen and oxygen atoms in total. The Morgan fingerprint density at radius 1 is 1.16 bits per heavy atom. The lowest BCUT2D eigenvalue weighted by Crippen LogP contribution is -2.50. The summed E-state index contributed by atoms with van der Waals surface area (Å²) in [6, 6.07) is 13.8. The van der Waals surface area contributed by atoms with Gasteiger partial charge in [-0.1, -0.05) is 37.6 Å². The van der Waals surface area contributed by atoms with Crippen LogP contribution in [0.25, 0.3) is 0 Å². The van der Waals surface area contributed by atoms with Gasteiger partial charge in [-0.2, -0.15) is 0 Å². The summed E-state index contributed by atoms with van der Waals surface area (Å²) < 4.78 is 18.6. The summed E-state index contributed by atoms with van der Waals surface area (Å²) in [6.07, 6.45) is 5.38. The van der Waals surface area contributed by atoms with Crippen molar-refractivity contribution in [1.82, 2.24) is 4.98 Å². The molecule has 0 aliphatic carbocycles. The van der Waals surface area contributed by atoms with E-state index in [4.69, 9.17) is 14.2 Å². The second-order valence-corrected chi connectivity index (χ2v) is 7.08. The Morgan fingerprint density at radius 3 is 2.64 bits per heavy atom. The summed E-state index contributed by atoms with van der Waals surface area (Å²) in [5.74, 6) is 1.14. The molecule has 1 saturated heterocycles. The minimum Gasteiger partial charge on any atom is -0.483 e. The Balaban J connectivity index is 1.77. The van der Waals surface area contributed by atoms with E-state index in [9.17, 15) is 0 Å². The lowest BCUT2D eigenvalue weighted by molar-refractivity contribution is -0.289. The Labute approximate surface area is 150 Å². The average molecular weight is 341 g/mol. The van der Waals surface area contributed by atoms with Crippen molar-refractivity contribution in [2.24, 2.45) is 5.92 Å². The van der Waals surface area contributed by atoms with Crippen LogP contribution in [0.5, 0.6) is 5.75 Å². The van der Waals surface area contributed by atoms with E-state index in [2.05, 4.69) is 18.0 Å². The van der Waals surface area contributed by atoms with Crippen LogP contribution in [0.4, 0.5) is 0 Å². The fourth-order valence-corrected chi connectivity index (χ4v) is 3.29. The number of hydrogen-bond acceptors (Lipinski definition) is 4. The number of rotatable bonds is 6. The van der Waals surface area contributed by atoms with Gasteiger partial charge in [0.2, 0.25) is 0 Å². The molecule has 3 atom stereocenters. The van der Waals surface area contributed by atoms with E-state index in [-0.39, 0.29) is 6.10 Å². The van der Waals surface area contributed by atoms with Crippen molar-refractivity contribution in [3.8, 4) is 5.75 Å². The van der Waals surface area contributed by atoms with Crippen LogP contribution in [-0.4, -0.2) is 23.5 Å². The first-order valence-electron chi connectivity index (χ1n) is 9.01. The normalized spacial score (nSPS) is 24.0. The molecule has 25 heavy (non-hydrogen) atoms. The van der Waals surface area contributed by atoms with E-state index in [1.165, 1.54) is 0 Å². The minimum atomic E-state index is -0.598. The van der Waals surface area contributed by atoms with E-state index in [0.717, 1.165) is 24.2 Å². The summed E-state index contributed by atoms with van der Waals surface area (Å²) in [4.78, 5) is 4.26. The molecule has 0 bridgehead atoms. The standard InChI is InChI=1S/C21H27NO3/c1-4-9-17-15-23-20(24-19(17)16-10-8-13-22-14-16)21(2,3)25-18-11-6-5-7-12-18/h5-8,10-14,17,19-20H,4,9,15H2,1-3H3/t17?,19-,20?/m1/s1. The molecule has 1 aromatic heterocycles. The molecule has 0 spiro atoms. The first kappa shape index (κ1) is 17.9. The molecule has 0 saturated carbocycles. The molecular formula is C21H27NO3. The van der Waals surface area contributed by atoms with Crippen LogP contribution in [0.3, 0.4) is 0 Å². The van der Waals surface area contributed by atoms with Crippen molar-refractivity contribution in [1.29, 1.82) is 0 Å². The van der Waals surface area contributed by atoms with E-state index < -0.39 is 11.9 Å². The molecule has 1 aliphatic heterocycles. The van der Waals surface area contributed by atoms with Gasteiger partial charge in [-0.05, 0) is 44.0 Å². The highest BCUT2D eigenvalue weighted by Gasteiger charge is 2.42. The highest BCUT2D eigenvalue weighted by atomic mass is 16.7. The first-order valence-corrected chi connectivity index (χ1v) is 9.01. The number of benzene rings is 1. The zero-order chi connectivity index (χ0) is 17.7. The number of aromatic nitrogens is 1. The van der Waals surface area contributed by atoms with Crippen LogP contribution in [0.15, 0.2) is 54.9 Å². The highest BCUT2D eigenvalue weighted by molar-refractivity contribution is 5.22. The SMILES string of the molecule is CCCC1COC(C(C)(C)Oc2ccccc2)O[C@@H]1c1cccnc1.